The van der Waals surface area contributed by atoms with Gasteiger partial charge in [-0.15, -0.1) is 0 Å². The lowest BCUT2D eigenvalue weighted by molar-refractivity contribution is -0.384. The lowest BCUT2D eigenvalue weighted by Gasteiger charge is -2.36. The Labute approximate surface area is 149 Å². The van der Waals surface area contributed by atoms with Crippen molar-refractivity contribution in [1.29, 1.82) is 0 Å². The second-order valence-electron chi connectivity index (χ2n) is 6.34. The summed E-state index contributed by atoms with van der Waals surface area (Å²) in [5, 5.41) is 16.0. The molecule has 8 heteroatoms. The molecule has 0 bridgehead atoms. The van der Waals surface area contributed by atoms with E-state index in [0.717, 1.165) is 37.1 Å². The number of nitrogens with zero attached hydrogens (tertiary/aromatic N) is 5. The molecule has 0 saturated carbocycles. The minimum atomic E-state index is -0.404. The number of hydrogen-bond acceptors (Lipinski definition) is 5. The third-order valence-electron chi connectivity index (χ3n) is 4.74. The van der Waals surface area contributed by atoms with Gasteiger partial charge in [0.25, 0.3) is 5.69 Å². The highest BCUT2D eigenvalue weighted by atomic mass is 19.1. The third-order valence-corrected chi connectivity index (χ3v) is 4.74. The summed E-state index contributed by atoms with van der Waals surface area (Å²) in [4.78, 5) is 14.8. The van der Waals surface area contributed by atoms with Gasteiger partial charge in [-0.2, -0.15) is 5.10 Å². The fourth-order valence-electron chi connectivity index (χ4n) is 3.33. The Bertz CT molecular complexity index is 950. The molecule has 1 saturated heterocycles. The van der Waals surface area contributed by atoms with Crippen molar-refractivity contribution in [3.63, 3.8) is 0 Å². The Hall–Kier alpha value is -3.00. The second-order valence-corrected chi connectivity index (χ2v) is 6.34. The number of para-hydroxylation sites is 1. The topological polar surface area (TPSA) is 67.4 Å². The zero-order valence-electron chi connectivity index (χ0n) is 14.1. The van der Waals surface area contributed by atoms with Crippen LogP contribution in [-0.4, -0.2) is 45.8 Å². The molecule has 1 aliphatic rings. The van der Waals surface area contributed by atoms with E-state index in [1.165, 1.54) is 18.2 Å². The Morgan fingerprint density at radius 2 is 1.88 bits per heavy atom. The SMILES string of the molecule is O=[N+]([O-])c1ccc2c(cnn2CN2CCN(c3ccccc3F)CC2)c1. The van der Waals surface area contributed by atoms with Gasteiger partial charge in [0, 0.05) is 43.7 Å². The Kier molecular flexibility index (Phi) is 4.26. The van der Waals surface area contributed by atoms with Gasteiger partial charge in [0.2, 0.25) is 0 Å². The van der Waals surface area contributed by atoms with E-state index in [2.05, 4.69) is 14.9 Å². The number of fused-ring (bicyclic) bond motifs is 1. The fourth-order valence-corrected chi connectivity index (χ4v) is 3.33. The number of benzene rings is 2. The molecule has 0 aliphatic carbocycles. The Balaban J connectivity index is 1.44. The van der Waals surface area contributed by atoms with Crippen molar-refractivity contribution in [3.05, 3.63) is 64.6 Å². The van der Waals surface area contributed by atoms with E-state index in [1.54, 1.807) is 24.4 Å². The van der Waals surface area contributed by atoms with Crippen molar-refractivity contribution in [3.8, 4) is 0 Å². The number of hydrogen-bond donors (Lipinski definition) is 0. The highest BCUT2D eigenvalue weighted by molar-refractivity contribution is 5.81. The summed E-state index contributed by atoms with van der Waals surface area (Å²) < 4.78 is 15.8. The maximum absolute atomic E-state index is 13.9. The summed E-state index contributed by atoms with van der Waals surface area (Å²) in [5.41, 5.74) is 1.58. The molecule has 4 rings (SSSR count). The fraction of sp³-hybridized carbons (Fsp3) is 0.278. The highest BCUT2D eigenvalue weighted by Crippen LogP contribution is 2.22. The van der Waals surface area contributed by atoms with Crippen LogP contribution in [0.2, 0.25) is 0 Å². The van der Waals surface area contributed by atoms with E-state index in [4.69, 9.17) is 0 Å². The van der Waals surface area contributed by atoms with Crippen molar-refractivity contribution in [2.75, 3.05) is 31.1 Å². The van der Waals surface area contributed by atoms with E-state index in [9.17, 15) is 14.5 Å². The van der Waals surface area contributed by atoms with Gasteiger partial charge in [-0.3, -0.25) is 19.7 Å². The Morgan fingerprint density at radius 1 is 1.12 bits per heavy atom. The maximum atomic E-state index is 13.9. The first-order valence-corrected chi connectivity index (χ1v) is 8.43. The predicted molar refractivity (Wildman–Crippen MR) is 96.6 cm³/mol. The normalized spacial score (nSPS) is 15.5. The van der Waals surface area contributed by atoms with Crippen LogP contribution in [0, 0.1) is 15.9 Å². The van der Waals surface area contributed by atoms with Gasteiger partial charge >= 0.3 is 0 Å². The van der Waals surface area contributed by atoms with Crippen LogP contribution in [0.5, 0.6) is 0 Å². The van der Waals surface area contributed by atoms with Crippen LogP contribution in [0.4, 0.5) is 15.8 Å². The largest absolute Gasteiger partial charge is 0.367 e. The number of halogens is 1. The minimum Gasteiger partial charge on any atom is -0.367 e. The molecule has 7 nitrogen and oxygen atoms in total. The van der Waals surface area contributed by atoms with E-state index in [-0.39, 0.29) is 11.5 Å². The van der Waals surface area contributed by atoms with E-state index in [0.29, 0.717) is 12.4 Å². The smallest absolute Gasteiger partial charge is 0.270 e. The standard InChI is InChI=1S/C18H18FN5O2/c19-16-3-1-2-4-18(16)22-9-7-21(8-10-22)13-23-17-6-5-15(24(25)26)11-14(17)12-20-23/h1-6,11-12H,7-10,13H2. The number of rotatable bonds is 4. The van der Waals surface area contributed by atoms with Crippen molar-refractivity contribution in [2.24, 2.45) is 0 Å². The van der Waals surface area contributed by atoms with Crippen molar-refractivity contribution >= 4 is 22.3 Å². The summed E-state index contributed by atoms with van der Waals surface area (Å²) in [6, 6.07) is 11.6. The van der Waals surface area contributed by atoms with E-state index >= 15 is 0 Å². The van der Waals surface area contributed by atoms with Crippen LogP contribution < -0.4 is 4.90 Å². The number of nitro benzene ring substituents is 1. The molecular formula is C18H18FN5O2. The first kappa shape index (κ1) is 16.5. The molecule has 0 unspecified atom stereocenters. The molecule has 0 atom stereocenters. The molecule has 2 heterocycles. The first-order chi connectivity index (χ1) is 12.6. The van der Waals surface area contributed by atoms with Crippen LogP contribution >= 0.6 is 0 Å². The van der Waals surface area contributed by atoms with Crippen molar-refractivity contribution in [1.82, 2.24) is 14.7 Å². The quantitative estimate of drug-likeness (QED) is 0.532. The van der Waals surface area contributed by atoms with Crippen LogP contribution in [0.3, 0.4) is 0 Å². The number of piperazine rings is 1. The average Bonchev–Trinajstić information content (AvgIpc) is 3.05. The Morgan fingerprint density at radius 3 is 2.62 bits per heavy atom. The summed E-state index contributed by atoms with van der Waals surface area (Å²) in [5.74, 6) is -0.194. The van der Waals surface area contributed by atoms with Gasteiger partial charge in [0.1, 0.15) is 5.82 Å². The van der Waals surface area contributed by atoms with Crippen LogP contribution in [0.25, 0.3) is 10.9 Å². The van der Waals surface area contributed by atoms with E-state index < -0.39 is 4.92 Å². The summed E-state index contributed by atoms with van der Waals surface area (Å²) in [7, 11) is 0. The van der Waals surface area contributed by atoms with Gasteiger partial charge in [-0.05, 0) is 18.2 Å². The average molecular weight is 355 g/mol. The molecule has 0 spiro atoms. The van der Waals surface area contributed by atoms with Crippen LogP contribution in [-0.2, 0) is 6.67 Å². The van der Waals surface area contributed by atoms with Gasteiger partial charge in [0.15, 0.2) is 0 Å². The molecule has 2 aromatic carbocycles. The molecule has 0 radical (unpaired) electrons. The third kappa shape index (κ3) is 3.11. The molecule has 0 amide bonds. The van der Waals surface area contributed by atoms with Gasteiger partial charge in [-0.1, -0.05) is 12.1 Å². The zero-order valence-corrected chi connectivity index (χ0v) is 14.1. The van der Waals surface area contributed by atoms with Gasteiger partial charge in [0.05, 0.1) is 29.0 Å². The first-order valence-electron chi connectivity index (χ1n) is 8.43. The number of anilines is 1. The van der Waals surface area contributed by atoms with Crippen molar-refractivity contribution < 1.29 is 9.31 Å². The number of aromatic nitrogens is 2. The summed E-state index contributed by atoms with van der Waals surface area (Å²) in [6.45, 7) is 3.68. The lowest BCUT2D eigenvalue weighted by Crippen LogP contribution is -2.47. The number of non-ortho nitro benzene ring substituents is 1. The van der Waals surface area contributed by atoms with Gasteiger partial charge in [-0.25, -0.2) is 4.39 Å². The maximum Gasteiger partial charge on any atom is 0.270 e. The minimum absolute atomic E-state index is 0.0653. The zero-order chi connectivity index (χ0) is 18.1. The van der Waals surface area contributed by atoms with Crippen molar-refractivity contribution in [2.45, 2.75) is 6.67 Å². The summed E-state index contributed by atoms with van der Waals surface area (Å²) in [6.07, 6.45) is 1.65. The monoisotopic (exact) mass is 355 g/mol. The highest BCUT2D eigenvalue weighted by Gasteiger charge is 2.20. The van der Waals surface area contributed by atoms with Gasteiger partial charge < -0.3 is 4.90 Å². The predicted octanol–water partition coefficient (Wildman–Crippen LogP) is 2.86. The molecule has 3 aromatic rings. The molecular weight excluding hydrogens is 337 g/mol. The second kappa shape index (κ2) is 6.72. The van der Waals surface area contributed by atoms with Crippen LogP contribution in [0.1, 0.15) is 0 Å². The molecule has 134 valence electrons. The molecule has 26 heavy (non-hydrogen) atoms. The van der Waals surface area contributed by atoms with E-state index in [1.807, 2.05) is 10.7 Å². The molecule has 1 aliphatic heterocycles. The molecule has 0 N–H and O–H groups in total. The lowest BCUT2D eigenvalue weighted by atomic mass is 10.2. The number of nitro groups is 1. The van der Waals surface area contributed by atoms with Crippen LogP contribution in [0.15, 0.2) is 48.7 Å². The summed E-state index contributed by atoms with van der Waals surface area (Å²) >= 11 is 0. The molecule has 1 fully saturated rings. The molecule has 1 aromatic heterocycles.